The van der Waals surface area contributed by atoms with Crippen LogP contribution >= 0.6 is 22.9 Å². The Morgan fingerprint density at radius 2 is 2.05 bits per heavy atom. The van der Waals surface area contributed by atoms with E-state index in [-0.39, 0.29) is 10.0 Å². The van der Waals surface area contributed by atoms with Gasteiger partial charge in [-0.2, -0.15) is 5.26 Å². The average molecular weight is 329 g/mol. The zero-order valence-corrected chi connectivity index (χ0v) is 12.4. The van der Waals surface area contributed by atoms with E-state index in [2.05, 4.69) is 10.3 Å². The van der Waals surface area contributed by atoms with Crippen molar-refractivity contribution in [2.24, 2.45) is 5.14 Å². The van der Waals surface area contributed by atoms with Crippen LogP contribution in [0, 0.1) is 11.3 Å². The van der Waals surface area contributed by atoms with E-state index in [9.17, 15) is 8.42 Å². The van der Waals surface area contributed by atoms with Gasteiger partial charge in [0, 0.05) is 6.54 Å². The molecular formula is C11H9ClN4O2S2. The maximum atomic E-state index is 11.1. The van der Waals surface area contributed by atoms with Crippen LogP contribution in [0.4, 0.5) is 5.13 Å². The van der Waals surface area contributed by atoms with E-state index in [1.54, 1.807) is 12.1 Å². The highest BCUT2D eigenvalue weighted by molar-refractivity contribution is 7.89. The van der Waals surface area contributed by atoms with Gasteiger partial charge < -0.3 is 5.32 Å². The predicted octanol–water partition coefficient (Wildman–Crippen LogP) is 1.93. The van der Waals surface area contributed by atoms with E-state index in [1.165, 1.54) is 12.1 Å². The van der Waals surface area contributed by atoms with Crippen LogP contribution < -0.4 is 10.5 Å². The number of anilines is 1. The Morgan fingerprint density at radius 3 is 2.55 bits per heavy atom. The molecule has 1 aromatic heterocycles. The number of rotatable bonds is 4. The molecule has 0 radical (unpaired) electrons. The Balaban J connectivity index is 2.06. The van der Waals surface area contributed by atoms with Crippen molar-refractivity contribution in [3.05, 3.63) is 39.9 Å². The number of nitriles is 1. The summed E-state index contributed by atoms with van der Waals surface area (Å²) in [5, 5.41) is 17.5. The molecule has 0 aliphatic heterocycles. The maximum absolute atomic E-state index is 11.1. The molecule has 0 bridgehead atoms. The molecule has 3 N–H and O–H groups in total. The second-order valence-corrected chi connectivity index (χ2v) is 6.71. The smallest absolute Gasteiger partial charge is 0.238 e. The molecule has 9 heteroatoms. The summed E-state index contributed by atoms with van der Waals surface area (Å²) in [7, 11) is -3.68. The Morgan fingerprint density at radius 1 is 1.40 bits per heavy atom. The van der Waals surface area contributed by atoms with Crippen molar-refractivity contribution in [2.75, 3.05) is 5.32 Å². The predicted molar refractivity (Wildman–Crippen MR) is 77.0 cm³/mol. The lowest BCUT2D eigenvalue weighted by atomic mass is 10.2. The Kier molecular flexibility index (Phi) is 4.25. The number of nitrogens with zero attached hydrogens (tertiary/aromatic N) is 2. The summed E-state index contributed by atoms with van der Waals surface area (Å²) in [5.41, 5.74) is 0.849. The number of nitrogens with two attached hydrogens (primary N) is 1. The van der Waals surface area contributed by atoms with Gasteiger partial charge in [0.15, 0.2) is 10.3 Å². The summed E-state index contributed by atoms with van der Waals surface area (Å²) in [6.07, 6.45) is 0. The van der Waals surface area contributed by atoms with Gasteiger partial charge in [-0.05, 0) is 17.7 Å². The zero-order valence-electron chi connectivity index (χ0n) is 10.00. The van der Waals surface area contributed by atoms with Crippen LogP contribution in [0.25, 0.3) is 0 Å². The lowest BCUT2D eigenvalue weighted by Gasteiger charge is -2.04. The lowest BCUT2D eigenvalue weighted by molar-refractivity contribution is 0.598. The summed E-state index contributed by atoms with van der Waals surface area (Å²) in [6, 6.07) is 8.10. The molecule has 0 saturated heterocycles. The average Bonchev–Trinajstić information content (AvgIpc) is 2.76. The topological polar surface area (TPSA) is 109 Å². The fourth-order valence-electron chi connectivity index (χ4n) is 1.42. The van der Waals surface area contributed by atoms with Crippen molar-refractivity contribution < 1.29 is 8.42 Å². The summed E-state index contributed by atoms with van der Waals surface area (Å²) >= 11 is 6.91. The summed E-state index contributed by atoms with van der Waals surface area (Å²) < 4.78 is 22.2. The van der Waals surface area contributed by atoms with Crippen LogP contribution in [0.15, 0.2) is 29.2 Å². The SMILES string of the molecule is N#Cc1sc(NCc2ccc(S(N)(=O)=O)cc2)nc1Cl. The molecule has 0 spiro atoms. The molecular weight excluding hydrogens is 320 g/mol. The highest BCUT2D eigenvalue weighted by atomic mass is 35.5. The molecule has 0 aliphatic rings. The largest absolute Gasteiger partial charge is 0.357 e. The van der Waals surface area contributed by atoms with E-state index >= 15 is 0 Å². The minimum absolute atomic E-state index is 0.0605. The number of primary sulfonamides is 1. The molecule has 0 atom stereocenters. The summed E-state index contributed by atoms with van der Waals surface area (Å²) in [5.74, 6) is 0. The van der Waals surface area contributed by atoms with E-state index in [4.69, 9.17) is 22.0 Å². The van der Waals surface area contributed by atoms with Crippen LogP contribution in [0.3, 0.4) is 0 Å². The standard InChI is InChI=1S/C11H9ClN4O2S2/c12-10-9(5-13)19-11(16-10)15-6-7-1-3-8(4-2-7)20(14,17)18/h1-4H,6H2,(H,15,16)(H2,14,17,18). The van der Waals surface area contributed by atoms with E-state index in [0.717, 1.165) is 16.9 Å². The van der Waals surface area contributed by atoms with E-state index in [1.807, 2.05) is 6.07 Å². The normalized spacial score (nSPS) is 11.1. The van der Waals surface area contributed by atoms with Crippen LogP contribution in [0.2, 0.25) is 5.15 Å². The quantitative estimate of drug-likeness (QED) is 0.891. The number of halogens is 1. The number of hydrogen-bond acceptors (Lipinski definition) is 6. The number of hydrogen-bond donors (Lipinski definition) is 2. The van der Waals surface area contributed by atoms with E-state index < -0.39 is 10.0 Å². The van der Waals surface area contributed by atoms with Crippen LogP contribution in [-0.2, 0) is 16.6 Å². The zero-order chi connectivity index (χ0) is 14.8. The number of aromatic nitrogens is 1. The van der Waals surface area contributed by atoms with Gasteiger partial charge in [0.1, 0.15) is 10.9 Å². The third kappa shape index (κ3) is 3.46. The maximum Gasteiger partial charge on any atom is 0.238 e. The number of benzene rings is 1. The van der Waals surface area contributed by atoms with Crippen molar-refractivity contribution in [1.82, 2.24) is 4.98 Å². The van der Waals surface area contributed by atoms with Gasteiger partial charge in [0.25, 0.3) is 0 Å². The minimum Gasteiger partial charge on any atom is -0.357 e. The van der Waals surface area contributed by atoms with Gasteiger partial charge in [-0.3, -0.25) is 0 Å². The number of sulfonamides is 1. The fourth-order valence-corrected chi connectivity index (χ4v) is 2.88. The molecule has 0 aliphatic carbocycles. The monoisotopic (exact) mass is 328 g/mol. The van der Waals surface area contributed by atoms with Gasteiger partial charge in [-0.1, -0.05) is 35.1 Å². The molecule has 104 valence electrons. The van der Waals surface area contributed by atoms with Crippen molar-refractivity contribution >= 4 is 38.1 Å². The van der Waals surface area contributed by atoms with Gasteiger partial charge in [-0.25, -0.2) is 18.5 Å². The van der Waals surface area contributed by atoms with Gasteiger partial charge in [-0.15, -0.1) is 0 Å². The van der Waals surface area contributed by atoms with Crippen molar-refractivity contribution in [3.63, 3.8) is 0 Å². The summed E-state index contributed by atoms with van der Waals surface area (Å²) in [4.78, 5) is 4.39. The lowest BCUT2D eigenvalue weighted by Crippen LogP contribution is -2.12. The Bertz CT molecular complexity index is 763. The van der Waals surface area contributed by atoms with Crippen LogP contribution in [0.1, 0.15) is 10.4 Å². The molecule has 20 heavy (non-hydrogen) atoms. The van der Waals surface area contributed by atoms with Crippen molar-refractivity contribution in [2.45, 2.75) is 11.4 Å². The first-order valence-corrected chi connectivity index (χ1v) is 8.06. The molecule has 6 nitrogen and oxygen atoms in total. The number of thiazole rings is 1. The summed E-state index contributed by atoms with van der Waals surface area (Å²) in [6.45, 7) is 0.430. The third-order valence-corrected chi connectivity index (χ3v) is 4.62. The molecule has 0 unspecified atom stereocenters. The molecule has 1 heterocycles. The van der Waals surface area contributed by atoms with Gasteiger partial charge in [0.2, 0.25) is 10.0 Å². The second kappa shape index (κ2) is 5.76. The molecule has 0 fully saturated rings. The van der Waals surface area contributed by atoms with Crippen LogP contribution in [0.5, 0.6) is 0 Å². The van der Waals surface area contributed by atoms with Crippen molar-refractivity contribution in [3.8, 4) is 6.07 Å². The Hall–Kier alpha value is -1.66. The van der Waals surface area contributed by atoms with Crippen molar-refractivity contribution in [1.29, 1.82) is 5.26 Å². The molecule has 2 aromatic rings. The first-order valence-electron chi connectivity index (χ1n) is 5.32. The van der Waals surface area contributed by atoms with Gasteiger partial charge >= 0.3 is 0 Å². The second-order valence-electron chi connectivity index (χ2n) is 3.79. The first kappa shape index (κ1) is 14.7. The molecule has 2 rings (SSSR count). The highest BCUT2D eigenvalue weighted by Gasteiger charge is 2.09. The first-order chi connectivity index (χ1) is 9.40. The minimum atomic E-state index is -3.68. The Labute approximate surface area is 124 Å². The van der Waals surface area contributed by atoms with E-state index in [0.29, 0.717) is 16.6 Å². The van der Waals surface area contributed by atoms with Crippen LogP contribution in [-0.4, -0.2) is 13.4 Å². The molecule has 1 aromatic carbocycles. The van der Waals surface area contributed by atoms with Gasteiger partial charge in [0.05, 0.1) is 4.90 Å². The molecule has 0 amide bonds. The third-order valence-electron chi connectivity index (χ3n) is 2.38. The highest BCUT2D eigenvalue weighted by Crippen LogP contribution is 2.26. The fraction of sp³-hybridized carbons (Fsp3) is 0.0909. The number of nitrogens with one attached hydrogen (secondary N) is 1. The molecule has 0 saturated carbocycles.